The number of aryl methyl sites for hydroxylation is 1. The van der Waals surface area contributed by atoms with Gasteiger partial charge in [-0.15, -0.1) is 0 Å². The van der Waals surface area contributed by atoms with E-state index in [1.54, 1.807) is 0 Å². The van der Waals surface area contributed by atoms with Crippen LogP contribution in [0.2, 0.25) is 0 Å². The molecule has 0 aliphatic heterocycles. The molecule has 6 heteroatoms. The maximum atomic E-state index is 11.4. The quantitative estimate of drug-likeness (QED) is 0.871. The number of carboxylic acids is 1. The summed E-state index contributed by atoms with van der Waals surface area (Å²) in [6, 6.07) is 0.262. The highest BCUT2D eigenvalue weighted by Gasteiger charge is 2.46. The maximum absolute atomic E-state index is 11.4. The zero-order valence-electron chi connectivity index (χ0n) is 13.2. The van der Waals surface area contributed by atoms with E-state index in [-0.39, 0.29) is 23.3 Å². The molecule has 0 amide bonds. The Morgan fingerprint density at radius 3 is 2.81 bits per heavy atom. The van der Waals surface area contributed by atoms with Gasteiger partial charge in [0.05, 0.1) is 5.92 Å². The summed E-state index contributed by atoms with van der Waals surface area (Å²) < 4.78 is 4.35. The first kappa shape index (κ1) is 16.2. The molecule has 118 valence electrons. The summed E-state index contributed by atoms with van der Waals surface area (Å²) in [4.78, 5) is 15.9. The number of carbonyl (C=O) groups is 1. The Hall–Kier alpha value is -1.17. The Morgan fingerprint density at radius 1 is 1.48 bits per heavy atom. The number of hydrogen-bond acceptors (Lipinski definition) is 5. The van der Waals surface area contributed by atoms with Gasteiger partial charge in [-0.1, -0.05) is 27.7 Å². The fourth-order valence-electron chi connectivity index (χ4n) is 3.24. The fourth-order valence-corrected chi connectivity index (χ4v) is 3.91. The highest BCUT2D eigenvalue weighted by molar-refractivity contribution is 7.09. The Morgan fingerprint density at radius 2 is 2.19 bits per heavy atom. The summed E-state index contributed by atoms with van der Waals surface area (Å²) in [6.07, 6.45) is 3.53. The van der Waals surface area contributed by atoms with Crippen molar-refractivity contribution >= 4 is 22.6 Å². The van der Waals surface area contributed by atoms with Crippen LogP contribution in [0.5, 0.6) is 0 Å². The van der Waals surface area contributed by atoms with Gasteiger partial charge >= 0.3 is 5.97 Å². The number of nitrogens with one attached hydrogen (secondary N) is 1. The smallest absolute Gasteiger partial charge is 0.307 e. The number of aromatic nitrogens is 2. The van der Waals surface area contributed by atoms with Crippen LogP contribution in [-0.2, 0) is 11.2 Å². The number of aliphatic carboxylic acids is 1. The molecule has 1 fully saturated rings. The van der Waals surface area contributed by atoms with Crippen molar-refractivity contribution in [1.29, 1.82) is 0 Å². The van der Waals surface area contributed by atoms with Crippen molar-refractivity contribution in [3.63, 3.8) is 0 Å². The Balaban J connectivity index is 2.06. The van der Waals surface area contributed by atoms with Crippen LogP contribution in [0.1, 0.15) is 52.8 Å². The van der Waals surface area contributed by atoms with Crippen LogP contribution in [0.3, 0.4) is 0 Å². The lowest BCUT2D eigenvalue weighted by atomic mass is 9.61. The second-order valence-corrected chi connectivity index (χ2v) is 7.35. The van der Waals surface area contributed by atoms with E-state index in [4.69, 9.17) is 0 Å². The van der Waals surface area contributed by atoms with Crippen LogP contribution >= 0.6 is 11.5 Å². The van der Waals surface area contributed by atoms with Gasteiger partial charge in [-0.05, 0) is 30.6 Å². The van der Waals surface area contributed by atoms with Crippen molar-refractivity contribution in [2.24, 2.45) is 17.3 Å². The first-order valence-electron chi connectivity index (χ1n) is 7.68. The van der Waals surface area contributed by atoms with Gasteiger partial charge in [0.2, 0.25) is 5.13 Å². The second-order valence-electron chi connectivity index (χ2n) is 6.59. The summed E-state index contributed by atoms with van der Waals surface area (Å²) in [7, 11) is 0. The van der Waals surface area contributed by atoms with Gasteiger partial charge in [0.15, 0.2) is 0 Å². The summed E-state index contributed by atoms with van der Waals surface area (Å²) in [5.41, 5.74) is -0.224. The second kappa shape index (κ2) is 6.30. The Bertz CT molecular complexity index is 501. The molecule has 2 rings (SSSR count). The molecular formula is C15H25N3O2S. The topological polar surface area (TPSA) is 75.1 Å². The molecule has 21 heavy (non-hydrogen) atoms. The third-order valence-corrected chi connectivity index (χ3v) is 5.67. The van der Waals surface area contributed by atoms with Crippen molar-refractivity contribution < 1.29 is 9.90 Å². The minimum atomic E-state index is -0.675. The van der Waals surface area contributed by atoms with Gasteiger partial charge < -0.3 is 10.4 Å². The molecule has 3 unspecified atom stereocenters. The molecule has 0 spiro atoms. The summed E-state index contributed by atoms with van der Waals surface area (Å²) in [6.45, 7) is 8.38. The molecule has 1 aliphatic rings. The van der Waals surface area contributed by atoms with E-state index in [1.165, 1.54) is 11.5 Å². The first-order chi connectivity index (χ1) is 9.86. The highest BCUT2D eigenvalue weighted by Crippen LogP contribution is 2.45. The van der Waals surface area contributed by atoms with E-state index in [1.807, 2.05) is 0 Å². The SMILES string of the molecule is CCCc1nsc(NC2CCC(C(=O)O)C(C)(C)C2C)n1. The molecule has 1 aliphatic carbocycles. The molecule has 0 radical (unpaired) electrons. The average Bonchev–Trinajstić information content (AvgIpc) is 2.82. The minimum Gasteiger partial charge on any atom is -0.481 e. The van der Waals surface area contributed by atoms with E-state index >= 15 is 0 Å². The monoisotopic (exact) mass is 311 g/mol. The van der Waals surface area contributed by atoms with Crippen molar-refractivity contribution in [3.05, 3.63) is 5.82 Å². The van der Waals surface area contributed by atoms with Gasteiger partial charge in [-0.3, -0.25) is 4.79 Å². The first-order valence-corrected chi connectivity index (χ1v) is 8.45. The molecule has 0 aromatic carbocycles. The van der Waals surface area contributed by atoms with Gasteiger partial charge in [-0.25, -0.2) is 4.98 Å². The predicted octanol–water partition coefficient (Wildman–Crippen LogP) is 3.43. The lowest BCUT2D eigenvalue weighted by Gasteiger charge is -2.46. The molecule has 2 N–H and O–H groups in total. The fraction of sp³-hybridized carbons (Fsp3) is 0.800. The third-order valence-electron chi connectivity index (χ3n) is 4.99. The summed E-state index contributed by atoms with van der Waals surface area (Å²) in [5.74, 6) is 0.226. The van der Waals surface area contributed by atoms with Gasteiger partial charge in [-0.2, -0.15) is 4.37 Å². The lowest BCUT2D eigenvalue weighted by molar-refractivity contribution is -0.149. The lowest BCUT2D eigenvalue weighted by Crippen LogP contribution is -2.48. The summed E-state index contributed by atoms with van der Waals surface area (Å²) >= 11 is 1.40. The van der Waals surface area contributed by atoms with E-state index in [9.17, 15) is 9.90 Å². The normalized spacial score (nSPS) is 28.3. The molecule has 1 aromatic heterocycles. The number of rotatable bonds is 5. The third kappa shape index (κ3) is 3.36. The molecule has 5 nitrogen and oxygen atoms in total. The highest BCUT2D eigenvalue weighted by atomic mass is 32.1. The van der Waals surface area contributed by atoms with Crippen LogP contribution in [0.4, 0.5) is 5.13 Å². The maximum Gasteiger partial charge on any atom is 0.307 e. The van der Waals surface area contributed by atoms with E-state index in [0.717, 1.165) is 30.2 Å². The summed E-state index contributed by atoms with van der Waals surface area (Å²) in [5, 5.41) is 13.7. The van der Waals surface area contributed by atoms with Crippen molar-refractivity contribution in [2.45, 2.75) is 59.4 Å². The molecule has 0 saturated heterocycles. The van der Waals surface area contributed by atoms with Gasteiger partial charge in [0.25, 0.3) is 0 Å². The van der Waals surface area contributed by atoms with Crippen LogP contribution in [0.25, 0.3) is 0 Å². The van der Waals surface area contributed by atoms with E-state index < -0.39 is 5.97 Å². The number of hydrogen-bond donors (Lipinski definition) is 2. The van der Waals surface area contributed by atoms with Crippen LogP contribution in [0, 0.1) is 17.3 Å². The zero-order valence-corrected chi connectivity index (χ0v) is 14.0. The number of carboxylic acid groups (broad SMARTS) is 1. The van der Waals surface area contributed by atoms with Crippen LogP contribution in [-0.4, -0.2) is 26.5 Å². The number of anilines is 1. The van der Waals surface area contributed by atoms with Gasteiger partial charge in [0, 0.05) is 24.0 Å². The van der Waals surface area contributed by atoms with E-state index in [0.29, 0.717) is 6.42 Å². The number of nitrogens with zero attached hydrogens (tertiary/aromatic N) is 2. The van der Waals surface area contributed by atoms with Crippen LogP contribution < -0.4 is 5.32 Å². The molecule has 3 atom stereocenters. The molecule has 0 bridgehead atoms. The molecular weight excluding hydrogens is 286 g/mol. The Labute approximate surface area is 130 Å². The molecule has 1 aromatic rings. The van der Waals surface area contributed by atoms with Crippen LogP contribution in [0.15, 0.2) is 0 Å². The van der Waals surface area contributed by atoms with Gasteiger partial charge in [0.1, 0.15) is 5.82 Å². The molecule has 1 saturated carbocycles. The zero-order chi connectivity index (χ0) is 15.6. The van der Waals surface area contributed by atoms with Crippen molar-refractivity contribution in [3.8, 4) is 0 Å². The predicted molar refractivity (Wildman–Crippen MR) is 84.6 cm³/mol. The minimum absolute atomic E-state index is 0.224. The van der Waals surface area contributed by atoms with E-state index in [2.05, 4.69) is 42.4 Å². The largest absolute Gasteiger partial charge is 0.481 e. The standard InChI is InChI=1S/C15H25N3O2S/c1-5-6-12-17-14(21-18-12)16-11-8-7-10(13(19)20)15(3,4)9(11)2/h9-11H,5-8H2,1-4H3,(H,19,20)(H,16,17,18). The van der Waals surface area contributed by atoms with Crippen molar-refractivity contribution in [2.75, 3.05) is 5.32 Å². The molecule has 1 heterocycles. The Kier molecular flexibility index (Phi) is 4.86. The average molecular weight is 311 g/mol. The van der Waals surface area contributed by atoms with Crippen molar-refractivity contribution in [1.82, 2.24) is 9.36 Å².